The maximum atomic E-state index is 11.7. The highest BCUT2D eigenvalue weighted by atomic mass is 32.2. The summed E-state index contributed by atoms with van der Waals surface area (Å²) >= 11 is 1.94. The number of aliphatic hydroxyl groups is 1. The molecule has 0 radical (unpaired) electrons. The number of hydrogen-bond donors (Lipinski definition) is 3. The molecule has 2 amide bonds. The predicted octanol–water partition coefficient (Wildman–Crippen LogP) is 1.73. The lowest BCUT2D eigenvalue weighted by Gasteiger charge is -2.24. The zero-order valence-electron chi connectivity index (χ0n) is 10.8. The van der Waals surface area contributed by atoms with Gasteiger partial charge in [0.1, 0.15) is 0 Å². The van der Waals surface area contributed by atoms with Gasteiger partial charge in [0, 0.05) is 23.9 Å². The molecule has 17 heavy (non-hydrogen) atoms. The lowest BCUT2D eigenvalue weighted by atomic mass is 10.1. The average molecular weight is 260 g/mol. The quantitative estimate of drug-likeness (QED) is 0.681. The molecule has 0 aromatic rings. The molecule has 0 saturated carbocycles. The van der Waals surface area contributed by atoms with Gasteiger partial charge in [-0.05, 0) is 38.4 Å². The average Bonchev–Trinajstić information content (AvgIpc) is 2.74. The van der Waals surface area contributed by atoms with Crippen molar-refractivity contribution >= 4 is 17.8 Å². The summed E-state index contributed by atoms with van der Waals surface area (Å²) in [6, 6.07) is -0.0388. The maximum absolute atomic E-state index is 11.7. The number of carbonyl (C=O) groups is 1. The lowest BCUT2D eigenvalue weighted by Crippen LogP contribution is -2.46. The number of carbonyl (C=O) groups excluding carboxylic acids is 1. The van der Waals surface area contributed by atoms with Crippen molar-refractivity contribution in [1.29, 1.82) is 0 Å². The Morgan fingerprint density at radius 3 is 2.88 bits per heavy atom. The van der Waals surface area contributed by atoms with Crippen LogP contribution in [0.2, 0.25) is 0 Å². The minimum absolute atomic E-state index is 0.0732. The van der Waals surface area contributed by atoms with E-state index in [9.17, 15) is 4.79 Å². The van der Waals surface area contributed by atoms with Crippen molar-refractivity contribution in [1.82, 2.24) is 10.6 Å². The number of aliphatic hydroxyl groups excluding tert-OH is 1. The van der Waals surface area contributed by atoms with E-state index < -0.39 is 0 Å². The van der Waals surface area contributed by atoms with Crippen LogP contribution in [0.5, 0.6) is 0 Å². The highest BCUT2D eigenvalue weighted by Crippen LogP contribution is 2.36. The van der Waals surface area contributed by atoms with E-state index in [-0.39, 0.29) is 23.4 Å². The molecule has 1 aliphatic rings. The van der Waals surface area contributed by atoms with Gasteiger partial charge in [-0.1, -0.05) is 6.92 Å². The first-order chi connectivity index (χ1) is 8.09. The zero-order chi connectivity index (χ0) is 12.7. The van der Waals surface area contributed by atoms with E-state index in [1.807, 2.05) is 18.7 Å². The van der Waals surface area contributed by atoms with E-state index in [0.29, 0.717) is 6.42 Å². The van der Waals surface area contributed by atoms with Gasteiger partial charge in [-0.15, -0.1) is 0 Å². The molecule has 1 aliphatic heterocycles. The fourth-order valence-corrected chi connectivity index (χ4v) is 3.26. The largest absolute Gasteiger partial charge is 0.396 e. The molecular weight excluding hydrogens is 236 g/mol. The highest BCUT2D eigenvalue weighted by Gasteiger charge is 2.29. The van der Waals surface area contributed by atoms with E-state index in [4.69, 9.17) is 5.11 Å². The van der Waals surface area contributed by atoms with Crippen molar-refractivity contribution in [2.45, 2.75) is 50.3 Å². The van der Waals surface area contributed by atoms with Crippen molar-refractivity contribution < 1.29 is 9.90 Å². The summed E-state index contributed by atoms with van der Waals surface area (Å²) in [4.78, 5) is 11.7. The topological polar surface area (TPSA) is 61.4 Å². The van der Waals surface area contributed by atoms with E-state index in [1.54, 1.807) is 0 Å². The fourth-order valence-electron chi connectivity index (χ4n) is 2.01. The zero-order valence-corrected chi connectivity index (χ0v) is 11.6. The summed E-state index contributed by atoms with van der Waals surface area (Å²) in [5.41, 5.74) is 0. The maximum Gasteiger partial charge on any atom is 0.315 e. The summed E-state index contributed by atoms with van der Waals surface area (Å²) in [7, 11) is 0. The second-order valence-electron chi connectivity index (χ2n) is 4.85. The second-order valence-corrected chi connectivity index (χ2v) is 6.53. The van der Waals surface area contributed by atoms with Crippen LogP contribution in [0, 0.1) is 0 Å². The van der Waals surface area contributed by atoms with E-state index in [1.165, 1.54) is 18.6 Å². The second kappa shape index (κ2) is 7.11. The molecule has 1 saturated heterocycles. The van der Waals surface area contributed by atoms with E-state index >= 15 is 0 Å². The van der Waals surface area contributed by atoms with Crippen LogP contribution in [-0.4, -0.2) is 40.8 Å². The minimum Gasteiger partial charge on any atom is -0.396 e. The van der Waals surface area contributed by atoms with Crippen LogP contribution < -0.4 is 10.6 Å². The van der Waals surface area contributed by atoms with Crippen molar-refractivity contribution in [3.05, 3.63) is 0 Å². The van der Waals surface area contributed by atoms with Gasteiger partial charge in [-0.25, -0.2) is 4.79 Å². The molecule has 1 fully saturated rings. The van der Waals surface area contributed by atoms with Gasteiger partial charge in [-0.3, -0.25) is 0 Å². The molecule has 5 heteroatoms. The smallest absolute Gasteiger partial charge is 0.315 e. The summed E-state index contributed by atoms with van der Waals surface area (Å²) in [6.45, 7) is 5.05. The molecule has 0 aliphatic carbocycles. The molecule has 3 N–H and O–H groups in total. The molecule has 0 aromatic heterocycles. The summed E-state index contributed by atoms with van der Waals surface area (Å²) < 4.78 is 0.204. The van der Waals surface area contributed by atoms with Gasteiger partial charge in [-0.2, -0.15) is 11.8 Å². The first-order valence-corrected chi connectivity index (χ1v) is 7.37. The van der Waals surface area contributed by atoms with E-state index in [0.717, 1.165) is 13.0 Å². The van der Waals surface area contributed by atoms with Crippen LogP contribution in [0.4, 0.5) is 4.79 Å². The van der Waals surface area contributed by atoms with Crippen molar-refractivity contribution in [3.8, 4) is 0 Å². The van der Waals surface area contributed by atoms with Gasteiger partial charge in [0.2, 0.25) is 0 Å². The Morgan fingerprint density at radius 2 is 2.35 bits per heavy atom. The van der Waals surface area contributed by atoms with Gasteiger partial charge in [0.25, 0.3) is 0 Å². The predicted molar refractivity (Wildman–Crippen MR) is 72.4 cm³/mol. The third-order valence-electron chi connectivity index (χ3n) is 3.23. The summed E-state index contributed by atoms with van der Waals surface area (Å²) in [6.07, 6.45) is 3.88. The molecule has 2 unspecified atom stereocenters. The Bertz CT molecular complexity index is 243. The molecule has 1 heterocycles. The number of thioether (sulfide) groups is 1. The third-order valence-corrected chi connectivity index (χ3v) is 4.77. The Morgan fingerprint density at radius 1 is 1.59 bits per heavy atom. The summed E-state index contributed by atoms with van der Waals surface area (Å²) in [5, 5.41) is 14.7. The van der Waals surface area contributed by atoms with Gasteiger partial charge in [0.15, 0.2) is 0 Å². The molecule has 1 rings (SSSR count). The van der Waals surface area contributed by atoms with Crippen LogP contribution in [0.3, 0.4) is 0 Å². The Labute approximate surface area is 108 Å². The third kappa shape index (κ3) is 5.17. The molecule has 4 nitrogen and oxygen atoms in total. The number of rotatable bonds is 6. The number of amides is 2. The van der Waals surface area contributed by atoms with Crippen molar-refractivity contribution in [2.24, 2.45) is 0 Å². The number of nitrogens with one attached hydrogen (secondary N) is 2. The summed E-state index contributed by atoms with van der Waals surface area (Å²) in [5.74, 6) is 1.20. The Balaban J connectivity index is 2.24. The lowest BCUT2D eigenvalue weighted by molar-refractivity contribution is 0.227. The van der Waals surface area contributed by atoms with Crippen molar-refractivity contribution in [3.63, 3.8) is 0 Å². The first kappa shape index (κ1) is 14.6. The van der Waals surface area contributed by atoms with Crippen LogP contribution in [0.25, 0.3) is 0 Å². The van der Waals surface area contributed by atoms with E-state index in [2.05, 4.69) is 17.6 Å². The molecule has 0 aromatic carbocycles. The molecular formula is C12H24N2O2S. The SMILES string of the molecule is CCC(CCO)NC(=O)NCC1(C)CCCS1. The minimum atomic E-state index is -0.112. The van der Waals surface area contributed by atoms with Crippen LogP contribution in [-0.2, 0) is 0 Å². The van der Waals surface area contributed by atoms with Crippen LogP contribution in [0.15, 0.2) is 0 Å². The van der Waals surface area contributed by atoms with Gasteiger partial charge in [0.05, 0.1) is 0 Å². The monoisotopic (exact) mass is 260 g/mol. The van der Waals surface area contributed by atoms with Gasteiger partial charge >= 0.3 is 6.03 Å². The first-order valence-electron chi connectivity index (χ1n) is 6.39. The highest BCUT2D eigenvalue weighted by molar-refractivity contribution is 8.00. The molecule has 0 spiro atoms. The fraction of sp³-hybridized carbons (Fsp3) is 0.917. The van der Waals surface area contributed by atoms with Crippen molar-refractivity contribution in [2.75, 3.05) is 18.9 Å². The van der Waals surface area contributed by atoms with Crippen LogP contribution in [0.1, 0.15) is 39.5 Å². The Kier molecular flexibility index (Phi) is 6.12. The number of urea groups is 1. The molecule has 100 valence electrons. The molecule has 2 atom stereocenters. The Hall–Kier alpha value is -0.420. The van der Waals surface area contributed by atoms with Gasteiger partial charge < -0.3 is 15.7 Å². The number of hydrogen-bond acceptors (Lipinski definition) is 3. The molecule has 0 bridgehead atoms. The van der Waals surface area contributed by atoms with Crippen LogP contribution >= 0.6 is 11.8 Å². The normalized spacial score (nSPS) is 25.6. The standard InChI is InChI=1S/C12H24N2O2S/c1-3-10(5-7-15)14-11(16)13-9-12(2)6-4-8-17-12/h10,15H,3-9H2,1-2H3,(H2,13,14,16).